The van der Waals surface area contributed by atoms with Gasteiger partial charge in [-0.3, -0.25) is 4.79 Å². The number of rotatable bonds is 47. The van der Waals surface area contributed by atoms with Crippen LogP contribution in [0, 0.1) is 0 Å². The number of aliphatic hydroxyl groups is 3. The Balaban J connectivity index is 3.58. The normalized spacial score (nSPS) is 13.8. The molecular formula is C54H101NO4. The molecule has 0 radical (unpaired) electrons. The van der Waals surface area contributed by atoms with Gasteiger partial charge >= 0.3 is 0 Å². The summed E-state index contributed by atoms with van der Waals surface area (Å²) < 4.78 is 0. The standard InChI is InChI=1S/C54H101NO4/c1-3-5-7-9-11-13-15-17-19-20-21-22-23-24-25-26-27-28-29-30-31-32-33-35-37-39-41-43-45-47-49-53(58)54(59)55-51(50-56)52(57)48-46-44-42-40-38-36-34-18-16-14-12-10-8-6-4-2/h16,18,24-25,38,40,46,48,51-53,56-58H,3-15,17,19-23,26-37,39,41-45,47,49-50H2,1-2H3,(H,55,59)/b18-16+,25-24-,40-38+,48-46+. The molecule has 0 bridgehead atoms. The summed E-state index contributed by atoms with van der Waals surface area (Å²) in [6, 6.07) is -0.821. The molecule has 0 aromatic rings. The zero-order valence-corrected chi connectivity index (χ0v) is 39.4. The number of carbonyl (C=O) groups excluding carboxylic acids is 1. The van der Waals surface area contributed by atoms with Gasteiger partial charge in [0.25, 0.3) is 0 Å². The maximum Gasteiger partial charge on any atom is 0.249 e. The molecule has 0 spiro atoms. The molecule has 0 aliphatic heterocycles. The third-order valence-electron chi connectivity index (χ3n) is 11.9. The average molecular weight is 828 g/mol. The molecule has 0 saturated heterocycles. The fraction of sp³-hybridized carbons (Fsp3) is 0.833. The molecule has 0 aliphatic rings. The summed E-state index contributed by atoms with van der Waals surface area (Å²) in [4.78, 5) is 12.5. The molecule has 5 heteroatoms. The van der Waals surface area contributed by atoms with Gasteiger partial charge in [-0.25, -0.2) is 0 Å². The van der Waals surface area contributed by atoms with Gasteiger partial charge in [0.2, 0.25) is 5.91 Å². The molecular weight excluding hydrogens is 727 g/mol. The van der Waals surface area contributed by atoms with E-state index in [1.54, 1.807) is 6.08 Å². The SMILES string of the molecule is CCCCCCC/C=C/CC/C=C/CC/C=C/C(O)C(CO)NC(=O)C(O)CCCCCCCCCCCCCCCC/C=C\CCCCCCCCCCCCCC. The first-order valence-electron chi connectivity index (χ1n) is 26.0. The van der Waals surface area contributed by atoms with Gasteiger partial charge in [0.05, 0.1) is 18.8 Å². The maximum atomic E-state index is 12.5. The summed E-state index contributed by atoms with van der Waals surface area (Å²) in [5.74, 6) is -0.516. The predicted molar refractivity (Wildman–Crippen MR) is 259 cm³/mol. The lowest BCUT2D eigenvalue weighted by Crippen LogP contribution is -2.48. The van der Waals surface area contributed by atoms with Crippen molar-refractivity contribution in [2.75, 3.05) is 6.61 Å². The van der Waals surface area contributed by atoms with E-state index in [2.05, 4.69) is 55.6 Å². The summed E-state index contributed by atoms with van der Waals surface area (Å²) in [6.45, 7) is 4.16. The van der Waals surface area contributed by atoms with E-state index in [9.17, 15) is 20.1 Å². The number of allylic oxidation sites excluding steroid dienone is 7. The molecule has 0 aromatic carbocycles. The van der Waals surface area contributed by atoms with Crippen LogP contribution >= 0.6 is 0 Å². The zero-order chi connectivity index (χ0) is 43.0. The van der Waals surface area contributed by atoms with Crippen molar-refractivity contribution < 1.29 is 20.1 Å². The van der Waals surface area contributed by atoms with E-state index in [0.29, 0.717) is 6.42 Å². The molecule has 0 fully saturated rings. The van der Waals surface area contributed by atoms with E-state index < -0.39 is 24.2 Å². The summed E-state index contributed by atoms with van der Waals surface area (Å²) in [6.07, 6.45) is 64.7. The number of amides is 1. The Hall–Kier alpha value is -1.69. The molecule has 4 N–H and O–H groups in total. The number of nitrogens with one attached hydrogen (secondary N) is 1. The second-order valence-electron chi connectivity index (χ2n) is 17.7. The van der Waals surface area contributed by atoms with Crippen LogP contribution in [0.25, 0.3) is 0 Å². The quantitative estimate of drug-likeness (QED) is 0.0363. The highest BCUT2D eigenvalue weighted by molar-refractivity contribution is 5.80. The smallest absolute Gasteiger partial charge is 0.249 e. The zero-order valence-electron chi connectivity index (χ0n) is 39.4. The first-order chi connectivity index (χ1) is 29.1. The van der Waals surface area contributed by atoms with Crippen molar-refractivity contribution in [2.45, 2.75) is 283 Å². The van der Waals surface area contributed by atoms with Gasteiger partial charge in [0.1, 0.15) is 6.10 Å². The van der Waals surface area contributed by atoms with Crippen LogP contribution in [0.3, 0.4) is 0 Å². The molecule has 5 nitrogen and oxygen atoms in total. The highest BCUT2D eigenvalue weighted by atomic mass is 16.3. The van der Waals surface area contributed by atoms with Crippen molar-refractivity contribution in [2.24, 2.45) is 0 Å². The van der Waals surface area contributed by atoms with Gasteiger partial charge in [-0.2, -0.15) is 0 Å². The summed E-state index contributed by atoms with van der Waals surface area (Å²) in [7, 11) is 0. The van der Waals surface area contributed by atoms with Crippen molar-refractivity contribution in [3.8, 4) is 0 Å². The number of aliphatic hydroxyl groups excluding tert-OH is 3. The minimum absolute atomic E-state index is 0.381. The van der Waals surface area contributed by atoms with Crippen LogP contribution in [0.2, 0.25) is 0 Å². The molecule has 3 unspecified atom stereocenters. The van der Waals surface area contributed by atoms with Gasteiger partial charge in [-0.15, -0.1) is 0 Å². The van der Waals surface area contributed by atoms with E-state index in [1.807, 2.05) is 6.08 Å². The number of hydrogen-bond donors (Lipinski definition) is 4. The fourth-order valence-electron chi connectivity index (χ4n) is 7.80. The minimum atomic E-state index is -1.11. The molecule has 0 aliphatic carbocycles. The van der Waals surface area contributed by atoms with Crippen molar-refractivity contribution in [1.82, 2.24) is 5.32 Å². The van der Waals surface area contributed by atoms with Crippen molar-refractivity contribution >= 4 is 5.91 Å². The van der Waals surface area contributed by atoms with Crippen LogP contribution < -0.4 is 5.32 Å². The van der Waals surface area contributed by atoms with Gasteiger partial charge in [-0.1, -0.05) is 242 Å². The number of hydrogen-bond acceptors (Lipinski definition) is 4. The van der Waals surface area contributed by atoms with E-state index in [-0.39, 0.29) is 6.61 Å². The molecule has 346 valence electrons. The third-order valence-corrected chi connectivity index (χ3v) is 11.9. The van der Waals surface area contributed by atoms with Crippen molar-refractivity contribution in [3.05, 3.63) is 48.6 Å². The Morgan fingerprint density at radius 1 is 0.407 bits per heavy atom. The monoisotopic (exact) mass is 828 g/mol. The first-order valence-corrected chi connectivity index (χ1v) is 26.0. The highest BCUT2D eigenvalue weighted by Gasteiger charge is 2.22. The maximum absolute atomic E-state index is 12.5. The van der Waals surface area contributed by atoms with E-state index in [0.717, 1.165) is 44.9 Å². The lowest BCUT2D eigenvalue weighted by molar-refractivity contribution is -0.131. The molecule has 0 saturated carbocycles. The second kappa shape index (κ2) is 49.0. The van der Waals surface area contributed by atoms with Crippen LogP contribution in [0.5, 0.6) is 0 Å². The number of carbonyl (C=O) groups is 1. The molecule has 59 heavy (non-hydrogen) atoms. The predicted octanol–water partition coefficient (Wildman–Crippen LogP) is 15.7. The van der Waals surface area contributed by atoms with Crippen LogP contribution in [-0.4, -0.2) is 46.1 Å². The molecule has 3 atom stereocenters. The fourth-order valence-corrected chi connectivity index (χ4v) is 7.80. The van der Waals surface area contributed by atoms with Gasteiger partial charge in [0.15, 0.2) is 0 Å². The summed E-state index contributed by atoms with van der Waals surface area (Å²) >= 11 is 0. The molecule has 1 amide bonds. The summed E-state index contributed by atoms with van der Waals surface area (Å²) in [5.41, 5.74) is 0. The van der Waals surface area contributed by atoms with Crippen LogP contribution in [0.4, 0.5) is 0 Å². The Labute approximate surface area is 367 Å². The Morgan fingerprint density at radius 3 is 1.03 bits per heavy atom. The van der Waals surface area contributed by atoms with Crippen LogP contribution in [0.1, 0.15) is 264 Å². The average Bonchev–Trinajstić information content (AvgIpc) is 3.24. The lowest BCUT2D eigenvalue weighted by atomic mass is 10.0. The molecule has 0 rings (SSSR count). The second-order valence-corrected chi connectivity index (χ2v) is 17.7. The Kier molecular flexibility index (Phi) is 47.6. The van der Waals surface area contributed by atoms with Gasteiger partial charge in [-0.05, 0) is 70.6 Å². The van der Waals surface area contributed by atoms with Crippen LogP contribution in [-0.2, 0) is 4.79 Å². The van der Waals surface area contributed by atoms with Gasteiger partial charge < -0.3 is 20.6 Å². The van der Waals surface area contributed by atoms with E-state index >= 15 is 0 Å². The van der Waals surface area contributed by atoms with Gasteiger partial charge in [0, 0.05) is 0 Å². The van der Waals surface area contributed by atoms with E-state index in [1.165, 1.54) is 199 Å². The van der Waals surface area contributed by atoms with Crippen LogP contribution in [0.15, 0.2) is 48.6 Å². The lowest BCUT2D eigenvalue weighted by Gasteiger charge is -2.21. The topological polar surface area (TPSA) is 89.8 Å². The highest BCUT2D eigenvalue weighted by Crippen LogP contribution is 2.16. The van der Waals surface area contributed by atoms with E-state index in [4.69, 9.17) is 0 Å². The molecule has 0 aromatic heterocycles. The summed E-state index contributed by atoms with van der Waals surface area (Å²) in [5, 5.41) is 33.2. The largest absolute Gasteiger partial charge is 0.394 e. The minimum Gasteiger partial charge on any atom is -0.394 e. The number of unbranched alkanes of at least 4 members (excludes halogenated alkanes) is 33. The van der Waals surface area contributed by atoms with Crippen molar-refractivity contribution in [3.63, 3.8) is 0 Å². The molecule has 0 heterocycles. The first kappa shape index (κ1) is 57.3. The Morgan fingerprint density at radius 2 is 0.695 bits per heavy atom. The third kappa shape index (κ3) is 44.2. The Bertz CT molecular complexity index is 958. The van der Waals surface area contributed by atoms with Crippen molar-refractivity contribution in [1.29, 1.82) is 0 Å².